The highest BCUT2D eigenvalue weighted by Gasteiger charge is 2.22. The second-order valence-electron chi connectivity index (χ2n) is 8.99. The summed E-state index contributed by atoms with van der Waals surface area (Å²) in [6.45, 7) is 5.63. The Morgan fingerprint density at radius 2 is 1.76 bits per heavy atom. The molecule has 0 bridgehead atoms. The van der Waals surface area contributed by atoms with Gasteiger partial charge in [0.25, 0.3) is 0 Å². The summed E-state index contributed by atoms with van der Waals surface area (Å²) in [6, 6.07) is 18.7. The number of benzene rings is 2. The van der Waals surface area contributed by atoms with Crippen molar-refractivity contribution < 1.29 is 4.79 Å². The minimum Gasteiger partial charge on any atom is -0.378 e. The van der Waals surface area contributed by atoms with Crippen LogP contribution in [0.2, 0.25) is 0 Å². The van der Waals surface area contributed by atoms with E-state index in [2.05, 4.69) is 80.4 Å². The predicted molar refractivity (Wildman–Crippen MR) is 131 cm³/mol. The van der Waals surface area contributed by atoms with Crippen molar-refractivity contribution in [2.24, 2.45) is 0 Å². The number of nitrogens with one attached hydrogen (secondary N) is 1. The zero-order chi connectivity index (χ0) is 23.2. The van der Waals surface area contributed by atoms with Crippen LogP contribution in [-0.2, 0) is 30.7 Å². The SMILES string of the molecule is C[C@@H](NC(=O)CCc1ccccc1)c1nnc2n1CCN(Cc1ccc(N(C)C)cc1)CC2. The molecule has 0 radical (unpaired) electrons. The molecule has 1 aromatic heterocycles. The molecule has 0 aliphatic carbocycles. The van der Waals surface area contributed by atoms with E-state index in [-0.39, 0.29) is 11.9 Å². The zero-order valence-electron chi connectivity index (χ0n) is 19.9. The molecule has 0 unspecified atom stereocenters. The third kappa shape index (κ3) is 5.99. The summed E-state index contributed by atoms with van der Waals surface area (Å²) >= 11 is 0. The van der Waals surface area contributed by atoms with Crippen LogP contribution < -0.4 is 10.2 Å². The van der Waals surface area contributed by atoms with Crippen molar-refractivity contribution in [3.05, 3.63) is 77.4 Å². The topological polar surface area (TPSA) is 66.3 Å². The van der Waals surface area contributed by atoms with Crippen molar-refractivity contribution in [3.63, 3.8) is 0 Å². The number of amides is 1. The Morgan fingerprint density at radius 1 is 1.00 bits per heavy atom. The minimum absolute atomic E-state index is 0.0418. The molecule has 0 fully saturated rings. The van der Waals surface area contributed by atoms with Gasteiger partial charge in [-0.2, -0.15) is 0 Å². The van der Waals surface area contributed by atoms with Crippen molar-refractivity contribution >= 4 is 11.6 Å². The van der Waals surface area contributed by atoms with Crippen LogP contribution in [0.4, 0.5) is 5.69 Å². The lowest BCUT2D eigenvalue weighted by atomic mass is 10.1. The van der Waals surface area contributed by atoms with Gasteiger partial charge >= 0.3 is 0 Å². The largest absolute Gasteiger partial charge is 0.378 e. The Balaban J connectivity index is 1.32. The van der Waals surface area contributed by atoms with E-state index in [0.717, 1.165) is 50.7 Å². The number of fused-ring (bicyclic) bond motifs is 1. The number of rotatable bonds is 8. The fourth-order valence-corrected chi connectivity index (χ4v) is 4.31. The van der Waals surface area contributed by atoms with Crippen molar-refractivity contribution in [2.45, 2.75) is 45.3 Å². The standard InChI is InChI=1S/C26H34N6O/c1-20(27-25(33)14-11-21-7-5-4-6-8-21)26-29-28-24-15-16-31(17-18-32(24)26)19-22-9-12-23(13-10-22)30(2)3/h4-10,12-13,20H,11,14-19H2,1-3H3,(H,27,33)/t20-/m1/s1. The Hall–Kier alpha value is -3.19. The highest BCUT2D eigenvalue weighted by atomic mass is 16.1. The Morgan fingerprint density at radius 3 is 2.48 bits per heavy atom. The quantitative estimate of drug-likeness (QED) is 0.576. The summed E-state index contributed by atoms with van der Waals surface area (Å²) in [6.07, 6.45) is 2.06. The molecule has 1 N–H and O–H groups in total. The smallest absolute Gasteiger partial charge is 0.220 e. The van der Waals surface area contributed by atoms with Crippen LogP contribution >= 0.6 is 0 Å². The van der Waals surface area contributed by atoms with E-state index in [1.807, 2.05) is 25.1 Å². The van der Waals surface area contributed by atoms with Gasteiger partial charge in [-0.05, 0) is 36.6 Å². The molecule has 33 heavy (non-hydrogen) atoms. The number of carbonyl (C=O) groups is 1. The van der Waals surface area contributed by atoms with Crippen molar-refractivity contribution in [3.8, 4) is 0 Å². The molecule has 4 rings (SSSR count). The number of aryl methyl sites for hydroxylation is 1. The second-order valence-corrected chi connectivity index (χ2v) is 8.99. The van der Waals surface area contributed by atoms with Gasteiger partial charge in [-0.15, -0.1) is 10.2 Å². The van der Waals surface area contributed by atoms with Gasteiger partial charge in [0, 0.05) is 58.8 Å². The first-order chi connectivity index (χ1) is 16.0. The maximum absolute atomic E-state index is 12.5. The van der Waals surface area contributed by atoms with E-state index < -0.39 is 0 Å². The van der Waals surface area contributed by atoms with Crippen LogP contribution in [0.25, 0.3) is 0 Å². The first-order valence-corrected chi connectivity index (χ1v) is 11.7. The molecule has 3 aromatic rings. The van der Waals surface area contributed by atoms with Gasteiger partial charge in [0.05, 0.1) is 6.04 Å². The number of nitrogens with zero attached hydrogens (tertiary/aromatic N) is 5. The second kappa shape index (κ2) is 10.6. The molecule has 7 nitrogen and oxygen atoms in total. The van der Waals surface area contributed by atoms with E-state index in [9.17, 15) is 4.79 Å². The molecular formula is C26H34N6O. The van der Waals surface area contributed by atoms with E-state index in [0.29, 0.717) is 6.42 Å². The van der Waals surface area contributed by atoms with Gasteiger partial charge in [0.2, 0.25) is 5.91 Å². The Labute approximate surface area is 196 Å². The lowest BCUT2D eigenvalue weighted by Gasteiger charge is -2.21. The molecule has 2 heterocycles. The number of hydrogen-bond donors (Lipinski definition) is 1. The molecule has 1 amide bonds. The normalized spacial score (nSPS) is 14.9. The van der Waals surface area contributed by atoms with E-state index in [1.54, 1.807) is 0 Å². The minimum atomic E-state index is -0.167. The molecule has 0 saturated heterocycles. The van der Waals surface area contributed by atoms with Crippen molar-refractivity contribution in [1.82, 2.24) is 25.0 Å². The third-order valence-electron chi connectivity index (χ3n) is 6.25. The Kier molecular flexibility index (Phi) is 7.40. The molecular weight excluding hydrogens is 412 g/mol. The molecule has 0 saturated carbocycles. The van der Waals surface area contributed by atoms with Crippen molar-refractivity contribution in [2.75, 3.05) is 32.1 Å². The van der Waals surface area contributed by atoms with Crippen LogP contribution in [0.5, 0.6) is 0 Å². The first kappa shape index (κ1) is 23.0. The average Bonchev–Trinajstić information content (AvgIpc) is 3.13. The van der Waals surface area contributed by atoms with Gasteiger partial charge < -0.3 is 14.8 Å². The highest BCUT2D eigenvalue weighted by Crippen LogP contribution is 2.18. The maximum atomic E-state index is 12.5. The lowest BCUT2D eigenvalue weighted by molar-refractivity contribution is -0.121. The number of aromatic nitrogens is 3. The third-order valence-corrected chi connectivity index (χ3v) is 6.25. The fourth-order valence-electron chi connectivity index (χ4n) is 4.31. The highest BCUT2D eigenvalue weighted by molar-refractivity contribution is 5.76. The fraction of sp³-hybridized carbons (Fsp3) is 0.423. The van der Waals surface area contributed by atoms with Gasteiger partial charge in [-0.3, -0.25) is 9.69 Å². The van der Waals surface area contributed by atoms with Crippen LogP contribution in [0.15, 0.2) is 54.6 Å². The lowest BCUT2D eigenvalue weighted by Crippen LogP contribution is -2.30. The van der Waals surface area contributed by atoms with Gasteiger partial charge in [-0.1, -0.05) is 42.5 Å². The summed E-state index contributed by atoms with van der Waals surface area (Å²) in [5.41, 5.74) is 3.70. The van der Waals surface area contributed by atoms with E-state index in [4.69, 9.17) is 0 Å². The summed E-state index contributed by atoms with van der Waals surface area (Å²) in [4.78, 5) is 17.1. The first-order valence-electron chi connectivity index (χ1n) is 11.7. The van der Waals surface area contributed by atoms with Crippen LogP contribution in [0.3, 0.4) is 0 Å². The van der Waals surface area contributed by atoms with E-state index >= 15 is 0 Å². The summed E-state index contributed by atoms with van der Waals surface area (Å²) in [7, 11) is 4.12. The summed E-state index contributed by atoms with van der Waals surface area (Å²) < 4.78 is 2.19. The summed E-state index contributed by atoms with van der Waals surface area (Å²) in [5, 5.41) is 12.0. The van der Waals surface area contributed by atoms with Crippen molar-refractivity contribution in [1.29, 1.82) is 0 Å². The van der Waals surface area contributed by atoms with Gasteiger partial charge in [0.1, 0.15) is 5.82 Å². The molecule has 174 valence electrons. The molecule has 1 atom stereocenters. The van der Waals surface area contributed by atoms with Crippen LogP contribution in [-0.4, -0.2) is 52.8 Å². The van der Waals surface area contributed by atoms with Crippen LogP contribution in [0, 0.1) is 0 Å². The Bertz CT molecular complexity index is 1040. The number of hydrogen-bond acceptors (Lipinski definition) is 5. The average molecular weight is 447 g/mol. The van der Waals surface area contributed by atoms with Gasteiger partial charge in [-0.25, -0.2) is 0 Å². The molecule has 1 aliphatic rings. The van der Waals surface area contributed by atoms with Crippen LogP contribution in [0.1, 0.15) is 42.2 Å². The molecule has 1 aliphatic heterocycles. The number of carbonyl (C=O) groups excluding carboxylic acids is 1. The van der Waals surface area contributed by atoms with Gasteiger partial charge in [0.15, 0.2) is 5.82 Å². The predicted octanol–water partition coefficient (Wildman–Crippen LogP) is 3.21. The summed E-state index contributed by atoms with van der Waals surface area (Å²) in [5.74, 6) is 1.89. The number of anilines is 1. The maximum Gasteiger partial charge on any atom is 0.220 e. The zero-order valence-corrected chi connectivity index (χ0v) is 19.9. The monoisotopic (exact) mass is 446 g/mol. The molecule has 0 spiro atoms. The van der Waals surface area contributed by atoms with E-state index in [1.165, 1.54) is 16.8 Å². The molecule has 7 heteroatoms. The molecule has 2 aromatic carbocycles.